The maximum atomic E-state index is 6.12. The Balaban J connectivity index is 1.56. The summed E-state index contributed by atoms with van der Waals surface area (Å²) in [5.41, 5.74) is 2.57. The van der Waals surface area contributed by atoms with E-state index in [0.717, 1.165) is 34.0 Å². The van der Waals surface area contributed by atoms with Crippen LogP contribution in [0.4, 0.5) is 11.6 Å². The maximum absolute atomic E-state index is 6.12. The third kappa shape index (κ3) is 6.23. The van der Waals surface area contributed by atoms with E-state index in [1.54, 1.807) is 6.33 Å². The van der Waals surface area contributed by atoms with Crippen LogP contribution in [0.5, 0.6) is 0 Å². The third-order valence-electron chi connectivity index (χ3n) is 6.28. The summed E-state index contributed by atoms with van der Waals surface area (Å²) in [6, 6.07) is 19.6. The summed E-state index contributed by atoms with van der Waals surface area (Å²) >= 11 is 9.77. The average Bonchev–Trinajstić information content (AvgIpc) is 3.31. The minimum absolute atomic E-state index is 0.217. The third-order valence-corrected chi connectivity index (χ3v) is 7.02. The highest BCUT2D eigenvalue weighted by Crippen LogP contribution is 2.31. The lowest BCUT2D eigenvalue weighted by Gasteiger charge is -2.29. The minimum atomic E-state index is 0.217. The van der Waals surface area contributed by atoms with E-state index in [1.165, 1.54) is 36.8 Å². The van der Waals surface area contributed by atoms with Gasteiger partial charge in [-0.15, -0.1) is 0 Å². The molecule has 2 atom stereocenters. The van der Waals surface area contributed by atoms with Gasteiger partial charge in [-0.25, -0.2) is 9.97 Å². The molecule has 0 bridgehead atoms. The van der Waals surface area contributed by atoms with Crippen molar-refractivity contribution < 1.29 is 0 Å². The molecule has 4 rings (SSSR count). The highest BCUT2D eigenvalue weighted by Gasteiger charge is 2.24. The van der Waals surface area contributed by atoms with E-state index in [1.807, 2.05) is 18.2 Å². The van der Waals surface area contributed by atoms with Gasteiger partial charge in [-0.1, -0.05) is 71.6 Å². The lowest BCUT2D eigenvalue weighted by atomic mass is 9.84. The standard InChI is InChI=1S/C26H30BrClN4/c1-2-24(32-26-16-25(29-17-30-26)31-22-8-3-4-9-22)23(19-6-5-7-20(27)15-19)14-18-10-12-21(28)13-11-18/h5-7,10-13,15-17,22-24H,2-4,8-9,14H2,1H3,(H2,29,30,31,32)/t23-,24-/m0/s1. The molecule has 2 aromatic carbocycles. The van der Waals surface area contributed by atoms with Crippen LogP contribution in [0.25, 0.3) is 0 Å². The first kappa shape index (κ1) is 23.1. The highest BCUT2D eigenvalue weighted by molar-refractivity contribution is 9.10. The first-order valence-electron chi connectivity index (χ1n) is 11.5. The van der Waals surface area contributed by atoms with Crippen LogP contribution < -0.4 is 10.6 Å². The minimum Gasteiger partial charge on any atom is -0.367 e. The second kappa shape index (κ2) is 11.2. The summed E-state index contributed by atoms with van der Waals surface area (Å²) in [5.74, 6) is 2.05. The summed E-state index contributed by atoms with van der Waals surface area (Å²) in [6.07, 6.45) is 8.57. The SMILES string of the molecule is CC[C@H](Nc1cc(NC2CCCC2)ncn1)[C@@H](Cc1ccc(Cl)cc1)c1cccc(Br)c1. The van der Waals surface area contributed by atoms with E-state index in [-0.39, 0.29) is 12.0 Å². The largest absolute Gasteiger partial charge is 0.367 e. The highest BCUT2D eigenvalue weighted by atomic mass is 79.9. The fourth-order valence-electron chi connectivity index (χ4n) is 4.58. The number of hydrogen-bond acceptors (Lipinski definition) is 4. The molecule has 3 aromatic rings. The van der Waals surface area contributed by atoms with E-state index in [0.29, 0.717) is 6.04 Å². The zero-order valence-corrected chi connectivity index (χ0v) is 20.7. The molecule has 1 aromatic heterocycles. The molecule has 0 spiro atoms. The van der Waals surface area contributed by atoms with Crippen molar-refractivity contribution in [2.45, 2.75) is 63.5 Å². The first-order valence-corrected chi connectivity index (χ1v) is 12.6. The van der Waals surface area contributed by atoms with Gasteiger partial charge in [0.15, 0.2) is 0 Å². The van der Waals surface area contributed by atoms with E-state index in [4.69, 9.17) is 11.6 Å². The predicted molar refractivity (Wildman–Crippen MR) is 138 cm³/mol. The first-order chi connectivity index (χ1) is 15.6. The van der Waals surface area contributed by atoms with E-state index in [2.05, 4.69) is 79.9 Å². The van der Waals surface area contributed by atoms with Crippen LogP contribution in [-0.2, 0) is 6.42 Å². The topological polar surface area (TPSA) is 49.8 Å². The van der Waals surface area contributed by atoms with Crippen molar-refractivity contribution in [1.29, 1.82) is 0 Å². The molecule has 32 heavy (non-hydrogen) atoms. The summed E-state index contributed by atoms with van der Waals surface area (Å²) in [7, 11) is 0. The van der Waals surface area contributed by atoms with Crippen molar-refractivity contribution in [1.82, 2.24) is 9.97 Å². The fourth-order valence-corrected chi connectivity index (χ4v) is 5.12. The van der Waals surface area contributed by atoms with Gasteiger partial charge in [-0.3, -0.25) is 0 Å². The van der Waals surface area contributed by atoms with Crippen LogP contribution in [0.3, 0.4) is 0 Å². The predicted octanol–water partition coefficient (Wildman–Crippen LogP) is 7.46. The van der Waals surface area contributed by atoms with Crippen LogP contribution in [0.15, 0.2) is 65.4 Å². The molecule has 0 aliphatic heterocycles. The van der Waals surface area contributed by atoms with Gasteiger partial charge in [-0.05, 0) is 61.1 Å². The Hall–Kier alpha value is -2.11. The monoisotopic (exact) mass is 512 g/mol. The van der Waals surface area contributed by atoms with Crippen LogP contribution in [0.2, 0.25) is 5.02 Å². The number of benzene rings is 2. The summed E-state index contributed by atoms with van der Waals surface area (Å²) in [6.45, 7) is 2.23. The number of aromatic nitrogens is 2. The van der Waals surface area contributed by atoms with Crippen molar-refractivity contribution in [2.24, 2.45) is 0 Å². The van der Waals surface area contributed by atoms with Gasteiger partial charge in [0.05, 0.1) is 0 Å². The fraction of sp³-hybridized carbons (Fsp3) is 0.385. The Morgan fingerprint density at radius 3 is 2.50 bits per heavy atom. The zero-order valence-electron chi connectivity index (χ0n) is 18.4. The summed E-state index contributed by atoms with van der Waals surface area (Å²) in [4.78, 5) is 8.97. The van der Waals surface area contributed by atoms with Gasteiger partial charge < -0.3 is 10.6 Å². The van der Waals surface area contributed by atoms with E-state index >= 15 is 0 Å². The summed E-state index contributed by atoms with van der Waals surface area (Å²) < 4.78 is 1.09. The summed E-state index contributed by atoms with van der Waals surface area (Å²) in [5, 5.41) is 8.05. The van der Waals surface area contributed by atoms with Crippen LogP contribution >= 0.6 is 27.5 Å². The number of nitrogens with one attached hydrogen (secondary N) is 2. The molecule has 0 amide bonds. The molecule has 168 valence electrons. The quantitative estimate of drug-likeness (QED) is 0.312. The van der Waals surface area contributed by atoms with Gasteiger partial charge in [0.2, 0.25) is 0 Å². The molecule has 2 N–H and O–H groups in total. The van der Waals surface area contributed by atoms with Crippen molar-refractivity contribution >= 4 is 39.2 Å². The van der Waals surface area contributed by atoms with Gasteiger partial charge in [0, 0.05) is 33.6 Å². The molecule has 6 heteroatoms. The van der Waals surface area contributed by atoms with Crippen LogP contribution in [0, 0.1) is 0 Å². The van der Waals surface area contributed by atoms with Gasteiger partial charge in [-0.2, -0.15) is 0 Å². The zero-order chi connectivity index (χ0) is 22.3. The Labute approximate surface area is 204 Å². The molecule has 1 fully saturated rings. The molecular weight excluding hydrogens is 484 g/mol. The van der Waals surface area contributed by atoms with Crippen LogP contribution in [-0.4, -0.2) is 22.1 Å². The molecule has 1 aliphatic carbocycles. The number of halogens is 2. The normalized spacial score (nSPS) is 16.0. The van der Waals surface area contributed by atoms with Crippen LogP contribution in [0.1, 0.15) is 56.1 Å². The Bertz CT molecular complexity index is 1000. The molecular formula is C26H30BrClN4. The average molecular weight is 514 g/mol. The van der Waals surface area contributed by atoms with Gasteiger partial charge in [0.1, 0.15) is 18.0 Å². The molecule has 1 aliphatic rings. The molecule has 1 heterocycles. The lowest BCUT2D eigenvalue weighted by Crippen LogP contribution is -2.29. The number of anilines is 2. The number of hydrogen-bond donors (Lipinski definition) is 2. The van der Waals surface area contributed by atoms with Crippen molar-refractivity contribution in [3.05, 3.63) is 81.5 Å². The van der Waals surface area contributed by atoms with Crippen molar-refractivity contribution in [3.8, 4) is 0 Å². The van der Waals surface area contributed by atoms with E-state index in [9.17, 15) is 0 Å². The van der Waals surface area contributed by atoms with Gasteiger partial charge in [0.25, 0.3) is 0 Å². The molecule has 0 saturated heterocycles. The molecule has 1 saturated carbocycles. The Kier molecular flexibility index (Phi) is 8.04. The number of nitrogens with zero attached hydrogens (tertiary/aromatic N) is 2. The molecule has 4 nitrogen and oxygen atoms in total. The van der Waals surface area contributed by atoms with Crippen molar-refractivity contribution in [3.63, 3.8) is 0 Å². The molecule has 0 unspecified atom stereocenters. The molecule has 0 radical (unpaired) electrons. The second-order valence-electron chi connectivity index (χ2n) is 8.57. The number of rotatable bonds is 9. The van der Waals surface area contributed by atoms with Crippen molar-refractivity contribution in [2.75, 3.05) is 10.6 Å². The Morgan fingerprint density at radius 2 is 1.78 bits per heavy atom. The van der Waals surface area contributed by atoms with Gasteiger partial charge >= 0.3 is 0 Å². The Morgan fingerprint density at radius 1 is 1.03 bits per heavy atom. The smallest absolute Gasteiger partial charge is 0.131 e. The van der Waals surface area contributed by atoms with E-state index < -0.39 is 0 Å². The lowest BCUT2D eigenvalue weighted by molar-refractivity contribution is 0.543. The maximum Gasteiger partial charge on any atom is 0.131 e. The second-order valence-corrected chi connectivity index (χ2v) is 9.92.